The van der Waals surface area contributed by atoms with E-state index in [2.05, 4.69) is 41.0 Å². The van der Waals surface area contributed by atoms with Crippen molar-refractivity contribution in [1.29, 1.82) is 0 Å². The van der Waals surface area contributed by atoms with Gasteiger partial charge in [0.25, 0.3) is 17.3 Å². The minimum Gasteiger partial charge on any atom is -0.494 e. The molecule has 1 amide bonds. The van der Waals surface area contributed by atoms with Crippen LogP contribution in [0.5, 0.6) is 11.5 Å². The van der Waals surface area contributed by atoms with Crippen molar-refractivity contribution < 1.29 is 24.1 Å². The molecule has 2 aromatic heterocycles. The summed E-state index contributed by atoms with van der Waals surface area (Å²) < 4.78 is 10.7. The van der Waals surface area contributed by atoms with E-state index in [1.54, 1.807) is 54.7 Å². The maximum Gasteiger partial charge on any atom is 0.297 e. The van der Waals surface area contributed by atoms with Gasteiger partial charge in [-0.1, -0.05) is 36.4 Å². The molecule has 0 fully saturated rings. The number of nitro benzene ring substituents is 2. The van der Waals surface area contributed by atoms with Crippen LogP contribution >= 0.6 is 0 Å². The van der Waals surface area contributed by atoms with Gasteiger partial charge in [0, 0.05) is 23.9 Å². The Kier molecular flexibility index (Phi) is 9.14. The second kappa shape index (κ2) is 14.1. The van der Waals surface area contributed by atoms with Crippen molar-refractivity contribution in [2.24, 2.45) is 4.99 Å². The first-order valence-corrected chi connectivity index (χ1v) is 14.6. The molecule has 0 spiro atoms. The minimum absolute atomic E-state index is 0.0767. The van der Waals surface area contributed by atoms with Gasteiger partial charge < -0.3 is 20.1 Å². The maximum atomic E-state index is 13.8. The van der Waals surface area contributed by atoms with Crippen molar-refractivity contribution >= 4 is 58.4 Å². The van der Waals surface area contributed by atoms with Crippen LogP contribution < -0.4 is 25.5 Å². The lowest BCUT2D eigenvalue weighted by atomic mass is 10.2. The van der Waals surface area contributed by atoms with Gasteiger partial charge in [0.1, 0.15) is 17.2 Å². The number of methoxy groups -OCH3 is 2. The first kappa shape index (κ1) is 32.4. The van der Waals surface area contributed by atoms with E-state index in [1.807, 2.05) is 6.07 Å². The second-order valence-corrected chi connectivity index (χ2v) is 10.2. The van der Waals surface area contributed by atoms with Crippen LogP contribution in [0.4, 0.5) is 40.6 Å². The zero-order valence-corrected chi connectivity index (χ0v) is 26.2. The number of carbonyl (C=O) groups is 1. The number of benzene rings is 3. The third kappa shape index (κ3) is 7.08. The summed E-state index contributed by atoms with van der Waals surface area (Å²) in [6.45, 7) is 0. The monoisotopic (exact) mass is 675 g/mol. The Bertz CT molecular complexity index is 2080. The number of non-ortho nitro benzene ring substituents is 2. The SMILES string of the molecule is COc1cc([N+](=O)[O-])ccc1Nc1nc(Nc2ccc([N+](=O)[O-])cc2OC)nc(NN2C(=O)/C(=C\c3ccccn3)N=C2c2ccccc2)n1. The van der Waals surface area contributed by atoms with Crippen molar-refractivity contribution in [3.63, 3.8) is 0 Å². The number of amides is 1. The molecule has 0 atom stereocenters. The summed E-state index contributed by atoms with van der Waals surface area (Å²) in [5, 5.41) is 29.8. The van der Waals surface area contributed by atoms with Crippen molar-refractivity contribution in [2.75, 3.05) is 30.3 Å². The lowest BCUT2D eigenvalue weighted by Crippen LogP contribution is -2.38. The third-order valence-electron chi connectivity index (χ3n) is 7.00. The number of aromatic nitrogens is 4. The molecular formula is C32H25N11O7. The maximum absolute atomic E-state index is 13.8. The number of amidine groups is 1. The Hall–Kier alpha value is -7.50. The fraction of sp³-hybridized carbons (Fsp3) is 0.0625. The predicted octanol–water partition coefficient (Wildman–Crippen LogP) is 5.24. The lowest BCUT2D eigenvalue weighted by Gasteiger charge is -2.20. The number of hydrogen-bond donors (Lipinski definition) is 3. The summed E-state index contributed by atoms with van der Waals surface area (Å²) in [6.07, 6.45) is 3.14. The molecule has 0 unspecified atom stereocenters. The van der Waals surface area contributed by atoms with Crippen LogP contribution in [-0.4, -0.2) is 60.8 Å². The molecule has 3 heterocycles. The average Bonchev–Trinajstić information content (AvgIpc) is 3.42. The highest BCUT2D eigenvalue weighted by Crippen LogP contribution is 2.33. The number of ether oxygens (including phenoxy) is 2. The molecule has 0 radical (unpaired) electrons. The topological polar surface area (TPSA) is 225 Å². The number of hydrazine groups is 1. The van der Waals surface area contributed by atoms with E-state index in [0.29, 0.717) is 11.3 Å². The summed E-state index contributed by atoms with van der Waals surface area (Å²) in [4.78, 5) is 57.5. The molecule has 250 valence electrons. The first-order valence-electron chi connectivity index (χ1n) is 14.6. The number of nitro groups is 2. The van der Waals surface area contributed by atoms with E-state index in [-0.39, 0.29) is 63.6 Å². The first-order chi connectivity index (χ1) is 24.2. The quantitative estimate of drug-likeness (QED) is 0.0873. The van der Waals surface area contributed by atoms with Crippen molar-refractivity contribution in [3.05, 3.63) is 128 Å². The Labute approximate surface area is 282 Å². The highest BCUT2D eigenvalue weighted by Gasteiger charge is 2.33. The van der Waals surface area contributed by atoms with Crippen molar-refractivity contribution in [2.45, 2.75) is 0 Å². The van der Waals surface area contributed by atoms with Gasteiger partial charge in [0.15, 0.2) is 5.84 Å². The molecule has 3 N–H and O–H groups in total. The van der Waals surface area contributed by atoms with Crippen molar-refractivity contribution in [1.82, 2.24) is 24.9 Å². The normalized spacial score (nSPS) is 13.1. The van der Waals surface area contributed by atoms with Gasteiger partial charge in [-0.25, -0.2) is 4.99 Å². The van der Waals surface area contributed by atoms with Crippen LogP contribution in [0.3, 0.4) is 0 Å². The molecule has 50 heavy (non-hydrogen) atoms. The second-order valence-electron chi connectivity index (χ2n) is 10.2. The number of hydrogen-bond acceptors (Lipinski definition) is 15. The number of nitrogens with zero attached hydrogens (tertiary/aromatic N) is 8. The molecule has 0 saturated carbocycles. The molecule has 6 rings (SSSR count). The van der Waals surface area contributed by atoms with Gasteiger partial charge in [-0.3, -0.25) is 35.4 Å². The smallest absolute Gasteiger partial charge is 0.297 e. The Morgan fingerprint density at radius 2 is 1.30 bits per heavy atom. The fourth-order valence-electron chi connectivity index (χ4n) is 4.67. The van der Waals surface area contributed by atoms with Crippen molar-refractivity contribution in [3.8, 4) is 11.5 Å². The molecule has 18 nitrogen and oxygen atoms in total. The zero-order chi connectivity index (χ0) is 35.2. The van der Waals surface area contributed by atoms with Crippen LogP contribution in [0.25, 0.3) is 6.08 Å². The highest BCUT2D eigenvalue weighted by atomic mass is 16.6. The largest absolute Gasteiger partial charge is 0.494 e. The van der Waals surface area contributed by atoms with E-state index < -0.39 is 15.8 Å². The number of rotatable bonds is 12. The van der Waals surface area contributed by atoms with Gasteiger partial charge in [-0.15, -0.1) is 0 Å². The van der Waals surface area contributed by atoms with Crippen LogP contribution in [0.15, 0.2) is 102 Å². The Morgan fingerprint density at radius 3 is 1.82 bits per heavy atom. The van der Waals surface area contributed by atoms with Gasteiger partial charge in [0.05, 0.1) is 53.3 Å². The molecule has 0 saturated heterocycles. The lowest BCUT2D eigenvalue weighted by molar-refractivity contribution is -0.385. The number of carbonyl (C=O) groups excluding carboxylic acids is 1. The van der Waals surface area contributed by atoms with Crippen LogP contribution in [0.2, 0.25) is 0 Å². The van der Waals surface area contributed by atoms with E-state index in [0.717, 1.165) is 0 Å². The molecule has 0 aliphatic carbocycles. The van der Waals surface area contributed by atoms with Gasteiger partial charge in [-0.05, 0) is 30.3 Å². The van der Waals surface area contributed by atoms with E-state index in [1.165, 1.54) is 55.6 Å². The summed E-state index contributed by atoms with van der Waals surface area (Å²) in [5.41, 5.74) is 4.28. The highest BCUT2D eigenvalue weighted by molar-refractivity contribution is 6.20. The molecule has 0 bridgehead atoms. The van der Waals surface area contributed by atoms with E-state index in [4.69, 9.17) is 9.47 Å². The molecule has 1 aliphatic heterocycles. The van der Waals surface area contributed by atoms with Crippen LogP contribution in [0, 0.1) is 20.2 Å². The van der Waals surface area contributed by atoms with Crippen LogP contribution in [0.1, 0.15) is 11.3 Å². The number of pyridine rings is 1. The van der Waals surface area contributed by atoms with Crippen LogP contribution in [-0.2, 0) is 4.79 Å². The standard InChI is InChI=1S/C32H25N11O7/c1-49-26-17-21(42(45)46)11-13-23(26)35-30-37-31(36-24-14-12-22(43(47)48)18-27(24)50-2)39-32(38-30)40-41-28(19-8-4-3-5-9-19)34-25(29(41)44)16-20-10-6-7-15-33-20/h3-18H,1-2H3,(H3,35,36,37,38,39,40)/b25-16+. The minimum atomic E-state index is -0.563. The van der Waals surface area contributed by atoms with E-state index >= 15 is 0 Å². The zero-order valence-electron chi connectivity index (χ0n) is 26.2. The average molecular weight is 676 g/mol. The molecule has 1 aliphatic rings. The summed E-state index contributed by atoms with van der Waals surface area (Å²) in [7, 11) is 2.69. The number of nitrogens with one attached hydrogen (secondary N) is 3. The molecule has 18 heteroatoms. The van der Waals surface area contributed by atoms with E-state index in [9.17, 15) is 25.0 Å². The molecular weight excluding hydrogens is 650 g/mol. The third-order valence-corrected chi connectivity index (χ3v) is 7.00. The van der Waals surface area contributed by atoms with Gasteiger partial charge in [-0.2, -0.15) is 20.0 Å². The summed E-state index contributed by atoms with van der Waals surface area (Å²) in [6, 6.07) is 22.1. The number of anilines is 5. The Balaban J connectivity index is 1.41. The Morgan fingerprint density at radius 1 is 0.740 bits per heavy atom. The molecule has 3 aromatic carbocycles. The fourth-order valence-corrected chi connectivity index (χ4v) is 4.67. The summed E-state index contributed by atoms with van der Waals surface area (Å²) >= 11 is 0. The van der Waals surface area contributed by atoms with Gasteiger partial charge in [0.2, 0.25) is 17.8 Å². The molecule has 5 aromatic rings. The van der Waals surface area contributed by atoms with Gasteiger partial charge >= 0.3 is 0 Å². The summed E-state index contributed by atoms with van der Waals surface area (Å²) in [5.74, 6) is -0.331. The number of aliphatic imine (C=N–C) groups is 1. The predicted molar refractivity (Wildman–Crippen MR) is 181 cm³/mol.